The van der Waals surface area contributed by atoms with E-state index in [9.17, 15) is 9.59 Å². The lowest BCUT2D eigenvalue weighted by atomic mass is 10.1. The third kappa shape index (κ3) is 7.51. The molecule has 2 amide bonds. The Kier molecular flexibility index (Phi) is 9.68. The lowest BCUT2D eigenvalue weighted by molar-refractivity contribution is -0.142. The van der Waals surface area contributed by atoms with Gasteiger partial charge in [-0.1, -0.05) is 43.7 Å². The molecule has 0 heterocycles. The Morgan fingerprint density at radius 2 is 1.61 bits per heavy atom. The third-order valence-corrected chi connectivity index (χ3v) is 4.88. The standard InChI is InChI=1S/C24H32N2O5/c1-5-6-12-25-24(28)18(2)26(16-19-10-8-7-9-11-19)23(27)17-31-22-14-20(29-3)13-21(15-22)30-4/h7-11,13-15,18H,5-6,12,16-17H2,1-4H3,(H,25,28)/t18-/m1/s1. The zero-order valence-corrected chi connectivity index (χ0v) is 18.7. The second-order valence-corrected chi connectivity index (χ2v) is 7.16. The average Bonchev–Trinajstić information content (AvgIpc) is 2.80. The minimum atomic E-state index is -0.631. The predicted octanol–water partition coefficient (Wildman–Crippen LogP) is 3.42. The Labute approximate surface area is 184 Å². The summed E-state index contributed by atoms with van der Waals surface area (Å²) in [6, 6.07) is 14.0. The van der Waals surface area contributed by atoms with Crippen LogP contribution in [0.3, 0.4) is 0 Å². The second-order valence-electron chi connectivity index (χ2n) is 7.16. The van der Waals surface area contributed by atoms with E-state index in [-0.39, 0.29) is 18.4 Å². The number of hydrogen-bond donors (Lipinski definition) is 1. The van der Waals surface area contributed by atoms with Gasteiger partial charge in [-0.3, -0.25) is 9.59 Å². The Morgan fingerprint density at radius 1 is 1.00 bits per heavy atom. The van der Waals surface area contributed by atoms with E-state index in [1.54, 1.807) is 39.3 Å². The van der Waals surface area contributed by atoms with Crippen LogP contribution in [0.4, 0.5) is 0 Å². The van der Waals surface area contributed by atoms with Gasteiger partial charge in [0.05, 0.1) is 14.2 Å². The number of rotatable bonds is 12. The van der Waals surface area contributed by atoms with Gasteiger partial charge >= 0.3 is 0 Å². The van der Waals surface area contributed by atoms with Crippen molar-refractivity contribution in [2.75, 3.05) is 27.4 Å². The first-order valence-corrected chi connectivity index (χ1v) is 10.5. The Bertz CT molecular complexity index is 819. The number of benzene rings is 2. The van der Waals surface area contributed by atoms with Crippen molar-refractivity contribution in [2.24, 2.45) is 0 Å². The molecule has 0 radical (unpaired) electrons. The maximum absolute atomic E-state index is 13.1. The van der Waals surface area contributed by atoms with Crippen LogP contribution < -0.4 is 19.5 Å². The fourth-order valence-electron chi connectivity index (χ4n) is 2.99. The number of nitrogens with zero attached hydrogens (tertiary/aromatic N) is 1. The van der Waals surface area contributed by atoms with Crippen molar-refractivity contribution in [1.29, 1.82) is 0 Å². The fourth-order valence-corrected chi connectivity index (χ4v) is 2.99. The molecular formula is C24H32N2O5. The van der Waals surface area contributed by atoms with E-state index in [0.29, 0.717) is 30.3 Å². The van der Waals surface area contributed by atoms with Crippen LogP contribution in [0.2, 0.25) is 0 Å². The molecule has 0 saturated carbocycles. The van der Waals surface area contributed by atoms with Crippen LogP contribution in [0.25, 0.3) is 0 Å². The van der Waals surface area contributed by atoms with E-state index >= 15 is 0 Å². The fraction of sp³-hybridized carbons (Fsp3) is 0.417. The van der Waals surface area contributed by atoms with Crippen LogP contribution in [0.1, 0.15) is 32.3 Å². The Hall–Kier alpha value is -3.22. The monoisotopic (exact) mass is 428 g/mol. The molecule has 31 heavy (non-hydrogen) atoms. The number of ether oxygens (including phenoxy) is 3. The lowest BCUT2D eigenvalue weighted by Crippen LogP contribution is -2.49. The van der Waals surface area contributed by atoms with Gasteiger partial charge in [0.2, 0.25) is 5.91 Å². The molecular weight excluding hydrogens is 396 g/mol. The molecule has 1 atom stereocenters. The molecule has 168 valence electrons. The molecule has 0 fully saturated rings. The molecule has 0 unspecified atom stereocenters. The third-order valence-electron chi connectivity index (χ3n) is 4.88. The largest absolute Gasteiger partial charge is 0.496 e. The van der Waals surface area contributed by atoms with Gasteiger partial charge in [0, 0.05) is 31.3 Å². The Balaban J connectivity index is 2.12. The molecule has 0 spiro atoms. The van der Waals surface area contributed by atoms with E-state index in [1.807, 2.05) is 30.3 Å². The van der Waals surface area contributed by atoms with Crippen molar-refractivity contribution in [1.82, 2.24) is 10.2 Å². The van der Waals surface area contributed by atoms with Crippen molar-refractivity contribution < 1.29 is 23.8 Å². The highest BCUT2D eigenvalue weighted by atomic mass is 16.5. The van der Waals surface area contributed by atoms with E-state index < -0.39 is 6.04 Å². The van der Waals surface area contributed by atoms with E-state index in [2.05, 4.69) is 12.2 Å². The van der Waals surface area contributed by atoms with E-state index in [1.165, 1.54) is 4.90 Å². The minimum Gasteiger partial charge on any atom is -0.496 e. The summed E-state index contributed by atoms with van der Waals surface area (Å²) in [5.74, 6) is 1.10. The van der Waals surface area contributed by atoms with Crippen LogP contribution in [0.5, 0.6) is 17.2 Å². The molecule has 2 rings (SSSR count). The number of unbranched alkanes of at least 4 members (excludes halogenated alkanes) is 1. The number of carbonyl (C=O) groups is 2. The van der Waals surface area contributed by atoms with Crippen molar-refractivity contribution in [3.8, 4) is 17.2 Å². The highest BCUT2D eigenvalue weighted by molar-refractivity contribution is 5.87. The summed E-state index contributed by atoms with van der Waals surface area (Å²) < 4.78 is 16.2. The van der Waals surface area contributed by atoms with Crippen molar-refractivity contribution in [3.63, 3.8) is 0 Å². The SMILES string of the molecule is CCCCNC(=O)[C@@H](C)N(Cc1ccccc1)C(=O)COc1cc(OC)cc(OC)c1. The summed E-state index contributed by atoms with van der Waals surface area (Å²) in [6.07, 6.45) is 1.88. The van der Waals surface area contributed by atoms with Gasteiger partial charge in [0.25, 0.3) is 5.91 Å². The summed E-state index contributed by atoms with van der Waals surface area (Å²) in [6.45, 7) is 4.48. The van der Waals surface area contributed by atoms with Crippen LogP contribution in [0, 0.1) is 0 Å². The molecule has 1 N–H and O–H groups in total. The van der Waals surface area contributed by atoms with Crippen LogP contribution >= 0.6 is 0 Å². The zero-order valence-electron chi connectivity index (χ0n) is 18.7. The average molecular weight is 429 g/mol. The van der Waals surface area contributed by atoms with Gasteiger partial charge < -0.3 is 24.4 Å². The molecule has 0 saturated heterocycles. The van der Waals surface area contributed by atoms with Gasteiger partial charge in [0.15, 0.2) is 6.61 Å². The summed E-state index contributed by atoms with van der Waals surface area (Å²) >= 11 is 0. The van der Waals surface area contributed by atoms with Gasteiger partial charge in [-0.05, 0) is 18.9 Å². The maximum atomic E-state index is 13.1. The zero-order chi connectivity index (χ0) is 22.6. The van der Waals surface area contributed by atoms with Crippen molar-refractivity contribution in [2.45, 2.75) is 39.3 Å². The maximum Gasteiger partial charge on any atom is 0.261 e. The molecule has 2 aromatic carbocycles. The molecule has 0 aliphatic carbocycles. The lowest BCUT2D eigenvalue weighted by Gasteiger charge is -2.28. The Morgan fingerprint density at radius 3 is 2.19 bits per heavy atom. The topological polar surface area (TPSA) is 77.1 Å². The van der Waals surface area contributed by atoms with Crippen molar-refractivity contribution >= 4 is 11.8 Å². The number of nitrogens with one attached hydrogen (secondary N) is 1. The van der Waals surface area contributed by atoms with Crippen LogP contribution in [0.15, 0.2) is 48.5 Å². The molecule has 0 aliphatic rings. The molecule has 2 aromatic rings. The van der Waals surface area contributed by atoms with Gasteiger partial charge in [-0.2, -0.15) is 0 Å². The van der Waals surface area contributed by atoms with E-state index in [4.69, 9.17) is 14.2 Å². The summed E-state index contributed by atoms with van der Waals surface area (Å²) in [5.41, 5.74) is 0.937. The number of amides is 2. The van der Waals surface area contributed by atoms with Crippen LogP contribution in [-0.4, -0.2) is 50.1 Å². The number of carbonyl (C=O) groups excluding carboxylic acids is 2. The minimum absolute atomic E-state index is 0.180. The summed E-state index contributed by atoms with van der Waals surface area (Å²) in [4.78, 5) is 27.2. The number of methoxy groups -OCH3 is 2. The highest BCUT2D eigenvalue weighted by Gasteiger charge is 2.26. The molecule has 0 aliphatic heterocycles. The molecule has 0 bridgehead atoms. The van der Waals surface area contributed by atoms with Crippen molar-refractivity contribution in [3.05, 3.63) is 54.1 Å². The first-order chi connectivity index (χ1) is 15.0. The normalized spacial score (nSPS) is 11.4. The van der Waals surface area contributed by atoms with Gasteiger partial charge in [-0.15, -0.1) is 0 Å². The molecule has 7 heteroatoms. The molecule has 0 aromatic heterocycles. The number of hydrogen-bond acceptors (Lipinski definition) is 5. The van der Waals surface area contributed by atoms with Gasteiger partial charge in [0.1, 0.15) is 23.3 Å². The van der Waals surface area contributed by atoms with Crippen LogP contribution in [-0.2, 0) is 16.1 Å². The second kappa shape index (κ2) is 12.5. The quantitative estimate of drug-likeness (QED) is 0.524. The van der Waals surface area contributed by atoms with E-state index in [0.717, 1.165) is 18.4 Å². The molecule has 7 nitrogen and oxygen atoms in total. The first-order valence-electron chi connectivity index (χ1n) is 10.5. The predicted molar refractivity (Wildman–Crippen MR) is 119 cm³/mol. The van der Waals surface area contributed by atoms with Gasteiger partial charge in [-0.25, -0.2) is 0 Å². The smallest absolute Gasteiger partial charge is 0.261 e. The first kappa shape index (κ1) is 24.1. The summed E-state index contributed by atoms with van der Waals surface area (Å²) in [5, 5.41) is 2.90. The highest BCUT2D eigenvalue weighted by Crippen LogP contribution is 2.27. The summed E-state index contributed by atoms with van der Waals surface area (Å²) in [7, 11) is 3.09.